The first-order valence-electron chi connectivity index (χ1n) is 17.1. The van der Waals surface area contributed by atoms with Crippen LogP contribution in [0.2, 0.25) is 0 Å². The van der Waals surface area contributed by atoms with Crippen LogP contribution in [-0.2, 0) is 0 Å². The molecule has 0 amide bonds. The molecule has 0 aliphatic rings. The standard InChI is InChI=1S/C48H34N2/c1-5-16-35(17-6-1)39-30-40(36-18-7-2-8-19-36)33-44(32-39)50-47-27-14-13-26-45(47)46-34-38(28-29-48(46)50)37-20-15-25-43(31-37)49(41-21-9-3-10-22-41)42-23-11-4-12-24-42/h1-34H. The van der Waals surface area contributed by atoms with Crippen molar-refractivity contribution in [2.24, 2.45) is 0 Å². The summed E-state index contributed by atoms with van der Waals surface area (Å²) < 4.78 is 2.43. The Balaban J connectivity index is 1.21. The van der Waals surface area contributed by atoms with Crippen molar-refractivity contribution in [1.82, 2.24) is 4.57 Å². The second kappa shape index (κ2) is 12.8. The van der Waals surface area contributed by atoms with Gasteiger partial charge >= 0.3 is 0 Å². The van der Waals surface area contributed by atoms with Crippen LogP contribution >= 0.6 is 0 Å². The van der Waals surface area contributed by atoms with Crippen LogP contribution in [0.15, 0.2) is 206 Å². The van der Waals surface area contributed by atoms with E-state index in [4.69, 9.17) is 0 Å². The SMILES string of the molecule is c1ccc(-c2cc(-c3ccccc3)cc(-n3c4ccccc4c4cc(-c5cccc(N(c6ccccc6)c6ccccc6)c5)ccc43)c2)cc1. The van der Waals surface area contributed by atoms with Gasteiger partial charge in [0.05, 0.1) is 11.0 Å². The number of fused-ring (bicyclic) bond motifs is 3. The fourth-order valence-corrected chi connectivity index (χ4v) is 7.19. The van der Waals surface area contributed by atoms with Crippen LogP contribution < -0.4 is 4.90 Å². The zero-order valence-corrected chi connectivity index (χ0v) is 27.5. The number of anilines is 3. The van der Waals surface area contributed by atoms with Crippen molar-refractivity contribution in [3.63, 3.8) is 0 Å². The molecule has 1 aromatic heterocycles. The lowest BCUT2D eigenvalue weighted by Crippen LogP contribution is -2.09. The predicted molar refractivity (Wildman–Crippen MR) is 212 cm³/mol. The molecule has 2 heteroatoms. The number of hydrogen-bond donors (Lipinski definition) is 0. The van der Waals surface area contributed by atoms with Crippen molar-refractivity contribution in [3.8, 4) is 39.1 Å². The molecule has 236 valence electrons. The highest BCUT2D eigenvalue weighted by molar-refractivity contribution is 6.10. The number of para-hydroxylation sites is 3. The first-order valence-corrected chi connectivity index (χ1v) is 17.1. The lowest BCUT2D eigenvalue weighted by atomic mass is 9.98. The second-order valence-corrected chi connectivity index (χ2v) is 12.6. The van der Waals surface area contributed by atoms with E-state index in [2.05, 4.69) is 216 Å². The minimum atomic E-state index is 1.12. The van der Waals surface area contributed by atoms with Gasteiger partial charge in [-0.05, 0) is 106 Å². The summed E-state index contributed by atoms with van der Waals surface area (Å²) in [5.41, 5.74) is 14.1. The molecule has 0 spiro atoms. The molecule has 0 aliphatic carbocycles. The van der Waals surface area contributed by atoms with Gasteiger partial charge in [-0.3, -0.25) is 0 Å². The fourth-order valence-electron chi connectivity index (χ4n) is 7.19. The zero-order valence-electron chi connectivity index (χ0n) is 27.5. The Morgan fingerprint density at radius 2 is 0.760 bits per heavy atom. The van der Waals surface area contributed by atoms with E-state index in [0.717, 1.165) is 22.7 Å². The van der Waals surface area contributed by atoms with E-state index in [1.165, 1.54) is 55.2 Å². The maximum atomic E-state index is 2.43. The molecule has 0 bridgehead atoms. The molecule has 0 saturated heterocycles. The average molecular weight is 639 g/mol. The summed E-state index contributed by atoms with van der Waals surface area (Å²) in [5, 5.41) is 2.47. The zero-order chi connectivity index (χ0) is 33.3. The molecule has 50 heavy (non-hydrogen) atoms. The summed E-state index contributed by atoms with van der Waals surface area (Å²) in [4.78, 5) is 2.32. The van der Waals surface area contributed by atoms with Crippen LogP contribution in [-0.4, -0.2) is 4.57 Å². The van der Waals surface area contributed by atoms with Crippen LogP contribution in [0.4, 0.5) is 17.1 Å². The molecule has 0 atom stereocenters. The van der Waals surface area contributed by atoms with Gasteiger partial charge in [-0.1, -0.05) is 133 Å². The van der Waals surface area contributed by atoms with E-state index >= 15 is 0 Å². The summed E-state index contributed by atoms with van der Waals surface area (Å²) in [7, 11) is 0. The Bertz CT molecular complexity index is 2470. The van der Waals surface area contributed by atoms with Gasteiger partial charge in [-0.15, -0.1) is 0 Å². The number of benzene rings is 8. The van der Waals surface area contributed by atoms with Crippen molar-refractivity contribution >= 4 is 38.9 Å². The van der Waals surface area contributed by atoms with Gasteiger partial charge in [0.2, 0.25) is 0 Å². The molecule has 9 aromatic rings. The van der Waals surface area contributed by atoms with E-state index in [1.54, 1.807) is 0 Å². The lowest BCUT2D eigenvalue weighted by Gasteiger charge is -2.26. The van der Waals surface area contributed by atoms with Crippen LogP contribution in [0.5, 0.6) is 0 Å². The van der Waals surface area contributed by atoms with E-state index in [0.29, 0.717) is 0 Å². The van der Waals surface area contributed by atoms with E-state index < -0.39 is 0 Å². The third-order valence-corrected chi connectivity index (χ3v) is 9.53. The molecule has 0 N–H and O–H groups in total. The molecule has 0 fully saturated rings. The maximum Gasteiger partial charge on any atom is 0.0541 e. The van der Waals surface area contributed by atoms with Crippen LogP contribution in [0.1, 0.15) is 0 Å². The predicted octanol–water partition coefficient (Wildman–Crippen LogP) is 13.3. The Hall–Kier alpha value is -6.64. The monoisotopic (exact) mass is 638 g/mol. The molecule has 0 radical (unpaired) electrons. The first-order chi connectivity index (χ1) is 24.8. The lowest BCUT2D eigenvalue weighted by molar-refractivity contribution is 1.18. The molecular formula is C48H34N2. The van der Waals surface area contributed by atoms with Crippen LogP contribution in [0.3, 0.4) is 0 Å². The van der Waals surface area contributed by atoms with Crippen molar-refractivity contribution in [2.45, 2.75) is 0 Å². The highest BCUT2D eigenvalue weighted by Gasteiger charge is 2.17. The number of hydrogen-bond acceptors (Lipinski definition) is 1. The first kappa shape index (κ1) is 29.5. The molecule has 8 aromatic carbocycles. The topological polar surface area (TPSA) is 8.17 Å². The van der Waals surface area contributed by atoms with Gasteiger partial charge in [-0.25, -0.2) is 0 Å². The van der Waals surface area contributed by atoms with E-state index in [-0.39, 0.29) is 0 Å². The average Bonchev–Trinajstić information content (AvgIpc) is 3.53. The number of aromatic nitrogens is 1. The third kappa shape index (κ3) is 5.43. The van der Waals surface area contributed by atoms with Gasteiger partial charge < -0.3 is 9.47 Å². The molecule has 9 rings (SSSR count). The van der Waals surface area contributed by atoms with Crippen molar-refractivity contribution in [1.29, 1.82) is 0 Å². The summed E-state index contributed by atoms with van der Waals surface area (Å²) in [6.07, 6.45) is 0. The molecular weight excluding hydrogens is 605 g/mol. The Labute approximate surface area is 292 Å². The minimum Gasteiger partial charge on any atom is -0.310 e. The van der Waals surface area contributed by atoms with E-state index in [9.17, 15) is 0 Å². The highest BCUT2D eigenvalue weighted by atomic mass is 15.1. The summed E-state index contributed by atoms with van der Waals surface area (Å²) >= 11 is 0. The second-order valence-electron chi connectivity index (χ2n) is 12.6. The van der Waals surface area contributed by atoms with Crippen molar-refractivity contribution < 1.29 is 0 Å². The summed E-state index contributed by atoms with van der Waals surface area (Å²) in [6, 6.07) is 74.1. The normalized spacial score (nSPS) is 11.2. The largest absolute Gasteiger partial charge is 0.310 e. The van der Waals surface area contributed by atoms with Gasteiger partial charge in [0.15, 0.2) is 0 Å². The summed E-state index contributed by atoms with van der Waals surface area (Å²) in [5.74, 6) is 0. The third-order valence-electron chi connectivity index (χ3n) is 9.53. The molecule has 0 saturated carbocycles. The van der Waals surface area contributed by atoms with Gasteiger partial charge in [0.1, 0.15) is 0 Å². The van der Waals surface area contributed by atoms with Gasteiger partial charge in [0, 0.05) is 33.5 Å². The van der Waals surface area contributed by atoms with Gasteiger partial charge in [-0.2, -0.15) is 0 Å². The molecule has 2 nitrogen and oxygen atoms in total. The Morgan fingerprint density at radius 1 is 0.280 bits per heavy atom. The highest BCUT2D eigenvalue weighted by Crippen LogP contribution is 2.40. The minimum absolute atomic E-state index is 1.12. The van der Waals surface area contributed by atoms with E-state index in [1.807, 2.05) is 0 Å². The van der Waals surface area contributed by atoms with Gasteiger partial charge in [0.25, 0.3) is 0 Å². The summed E-state index contributed by atoms with van der Waals surface area (Å²) in [6.45, 7) is 0. The van der Waals surface area contributed by atoms with Crippen molar-refractivity contribution in [3.05, 3.63) is 206 Å². The fraction of sp³-hybridized carbons (Fsp3) is 0. The Kier molecular flexibility index (Phi) is 7.53. The van der Waals surface area contributed by atoms with Crippen LogP contribution in [0, 0.1) is 0 Å². The number of rotatable bonds is 7. The molecule has 1 heterocycles. The Morgan fingerprint density at radius 3 is 1.38 bits per heavy atom. The maximum absolute atomic E-state index is 2.43. The van der Waals surface area contributed by atoms with Crippen molar-refractivity contribution in [2.75, 3.05) is 4.90 Å². The van der Waals surface area contributed by atoms with Crippen LogP contribution in [0.25, 0.3) is 60.9 Å². The quantitative estimate of drug-likeness (QED) is 0.169. The molecule has 0 aliphatic heterocycles. The molecule has 0 unspecified atom stereocenters. The smallest absolute Gasteiger partial charge is 0.0541 e. The number of nitrogens with zero attached hydrogens (tertiary/aromatic N) is 2.